The lowest BCUT2D eigenvalue weighted by Gasteiger charge is -2.27. The summed E-state index contributed by atoms with van der Waals surface area (Å²) in [5.74, 6) is 0.0462. The number of allylic oxidation sites excluding steroid dienone is 8. The molecule has 1 saturated heterocycles. The minimum Gasteiger partial charge on any atom is -0.457 e. The number of para-hydroxylation sites is 2. The maximum absolute atomic E-state index is 12.6. The van der Waals surface area contributed by atoms with Crippen LogP contribution in [-0.2, 0) is 45.5 Å². The topological polar surface area (TPSA) is 171 Å². The Morgan fingerprint density at radius 1 is 0.803 bits per heavy atom. The van der Waals surface area contributed by atoms with Crippen LogP contribution < -0.4 is 9.64 Å². The van der Waals surface area contributed by atoms with Gasteiger partial charge in [0.05, 0.1) is 21.8 Å². The molecule has 0 aromatic heterocycles. The molecule has 0 spiro atoms. The van der Waals surface area contributed by atoms with Crippen LogP contribution in [0.15, 0.2) is 137 Å². The predicted molar refractivity (Wildman–Crippen MR) is 255 cm³/mol. The van der Waals surface area contributed by atoms with E-state index < -0.39 is 26.2 Å². The fourth-order valence-electron chi connectivity index (χ4n) is 9.44. The van der Waals surface area contributed by atoms with Crippen LogP contribution >= 0.6 is 0 Å². The second-order valence-electron chi connectivity index (χ2n) is 18.3. The summed E-state index contributed by atoms with van der Waals surface area (Å²) in [6, 6.07) is 22.3. The van der Waals surface area contributed by atoms with Crippen molar-refractivity contribution in [3.05, 3.63) is 143 Å². The monoisotopic (exact) mass is 938 g/mol. The van der Waals surface area contributed by atoms with Crippen molar-refractivity contribution in [3.63, 3.8) is 0 Å². The smallest absolute Gasteiger partial charge is 0.333 e. The molecule has 0 bridgehead atoms. The predicted octanol–water partition coefficient (Wildman–Crippen LogP) is 9.81. The third-order valence-corrected chi connectivity index (χ3v) is 14.6. The highest BCUT2D eigenvalue weighted by molar-refractivity contribution is 7.86. The van der Waals surface area contributed by atoms with E-state index in [0.29, 0.717) is 75.2 Å². The fourth-order valence-corrected chi connectivity index (χ4v) is 10.5. The van der Waals surface area contributed by atoms with Crippen molar-refractivity contribution in [1.82, 2.24) is 5.06 Å². The van der Waals surface area contributed by atoms with Crippen LogP contribution in [0, 0.1) is 0 Å². The number of fused-ring (bicyclic) bond motifs is 2. The largest absolute Gasteiger partial charge is 0.457 e. The molecule has 3 aromatic carbocycles. The summed E-state index contributed by atoms with van der Waals surface area (Å²) >= 11 is 0. The lowest BCUT2D eigenvalue weighted by Crippen LogP contribution is -2.28. The molecule has 7 rings (SSSR count). The van der Waals surface area contributed by atoms with Crippen LogP contribution in [0.2, 0.25) is 0 Å². The number of unbranched alkanes of at least 4 members (excludes halogenated alkanes) is 3. The Labute approximate surface area is 389 Å². The standard InChI is InChI=1S/C51H59N3O10S2/c1-36-23-32-47(55)54(36)64-48(56)22-7-6-12-33-52-43-20-10-8-18-41(43)50(2,3)45(52)30-24-37-16-15-17-38(49(37)63-39-26-28-40(29-27-39)66(60,61)62)25-31-46-51(4,5)42-19-9-11-21-44(42)53(46)34-13-14-35-65(57,58)59/h8-11,18-21,24-31H,1,6-7,12-17,22-23,32-35H2,2-5H3,(H-,57,58,59,60,61,62)/p+1. The molecule has 1 fully saturated rings. The minimum absolute atomic E-state index is 0.192. The average Bonchev–Trinajstić information content (AvgIpc) is 3.78. The summed E-state index contributed by atoms with van der Waals surface area (Å²) < 4.78 is 75.0. The van der Waals surface area contributed by atoms with E-state index in [1.807, 2.05) is 18.2 Å². The Bertz CT molecular complexity index is 2770. The maximum atomic E-state index is 12.6. The normalized spacial score (nSPS) is 19.4. The van der Waals surface area contributed by atoms with E-state index in [9.17, 15) is 35.5 Å². The lowest BCUT2D eigenvalue weighted by atomic mass is 9.81. The number of benzene rings is 3. The number of carbonyl (C=O) groups excluding carboxylic acids is 2. The second-order valence-corrected chi connectivity index (χ2v) is 21.3. The van der Waals surface area contributed by atoms with Crippen molar-refractivity contribution in [2.45, 2.75) is 114 Å². The molecule has 66 heavy (non-hydrogen) atoms. The van der Waals surface area contributed by atoms with Gasteiger partial charge in [0, 0.05) is 60.3 Å². The van der Waals surface area contributed by atoms with Crippen molar-refractivity contribution >= 4 is 49.2 Å². The number of nitrogens with zero attached hydrogens (tertiary/aromatic N) is 3. The van der Waals surface area contributed by atoms with Gasteiger partial charge >= 0.3 is 5.97 Å². The van der Waals surface area contributed by atoms with E-state index in [-0.39, 0.29) is 33.8 Å². The summed E-state index contributed by atoms with van der Waals surface area (Å²) in [6.07, 6.45) is 14.8. The van der Waals surface area contributed by atoms with E-state index in [2.05, 4.69) is 98.4 Å². The number of rotatable bonds is 18. The zero-order valence-corrected chi connectivity index (χ0v) is 39.8. The van der Waals surface area contributed by atoms with E-state index in [0.717, 1.165) is 63.8 Å². The first-order valence-corrected chi connectivity index (χ1v) is 25.7. The van der Waals surface area contributed by atoms with Gasteiger partial charge in [0.25, 0.3) is 26.1 Å². The molecule has 2 N–H and O–H groups in total. The zero-order valence-electron chi connectivity index (χ0n) is 38.2. The Hall–Kier alpha value is -5.61. The summed E-state index contributed by atoms with van der Waals surface area (Å²) in [4.78, 5) is 31.9. The molecule has 4 aliphatic rings. The van der Waals surface area contributed by atoms with Gasteiger partial charge in [-0.2, -0.15) is 21.4 Å². The van der Waals surface area contributed by atoms with Gasteiger partial charge in [0.1, 0.15) is 18.1 Å². The maximum Gasteiger partial charge on any atom is 0.333 e. The van der Waals surface area contributed by atoms with Crippen LogP contribution in [-0.4, -0.2) is 72.0 Å². The molecule has 3 heterocycles. The number of ether oxygens (including phenoxy) is 1. The third-order valence-electron chi connectivity index (χ3n) is 12.9. The highest BCUT2D eigenvalue weighted by Gasteiger charge is 2.44. The van der Waals surface area contributed by atoms with Gasteiger partial charge in [-0.3, -0.25) is 13.9 Å². The molecule has 1 amide bonds. The molecule has 0 atom stereocenters. The number of hydroxylamine groups is 2. The Balaban J connectivity index is 1.21. The van der Waals surface area contributed by atoms with Gasteiger partial charge in [-0.15, -0.1) is 5.06 Å². The number of anilines is 1. The van der Waals surface area contributed by atoms with Crippen LogP contribution in [0.5, 0.6) is 5.75 Å². The number of amides is 1. The van der Waals surface area contributed by atoms with Crippen LogP contribution in [0.4, 0.5) is 11.4 Å². The molecule has 0 unspecified atom stereocenters. The molecule has 3 aromatic rings. The zero-order chi connectivity index (χ0) is 47.4. The lowest BCUT2D eigenvalue weighted by molar-refractivity contribution is -0.438. The molecule has 0 saturated carbocycles. The first kappa shape index (κ1) is 48.3. The van der Waals surface area contributed by atoms with Crippen molar-refractivity contribution < 1.29 is 49.7 Å². The summed E-state index contributed by atoms with van der Waals surface area (Å²) in [6.45, 7) is 13.8. The van der Waals surface area contributed by atoms with Crippen molar-refractivity contribution in [3.8, 4) is 5.75 Å². The van der Waals surface area contributed by atoms with Gasteiger partial charge in [-0.1, -0.05) is 62.9 Å². The van der Waals surface area contributed by atoms with Gasteiger partial charge < -0.3 is 14.5 Å². The quantitative estimate of drug-likeness (QED) is 0.0707. The molecule has 350 valence electrons. The summed E-state index contributed by atoms with van der Waals surface area (Å²) in [5, 5.41) is 1.03. The molecule has 1 aliphatic carbocycles. The highest BCUT2D eigenvalue weighted by atomic mass is 32.2. The van der Waals surface area contributed by atoms with E-state index in [1.54, 1.807) is 0 Å². The van der Waals surface area contributed by atoms with Crippen molar-refractivity contribution in [2.75, 3.05) is 23.7 Å². The highest BCUT2D eigenvalue weighted by Crippen LogP contribution is 2.48. The summed E-state index contributed by atoms with van der Waals surface area (Å²) in [5.41, 5.74) is 8.31. The molecular formula is C51H60N3O10S2+. The van der Waals surface area contributed by atoms with Crippen LogP contribution in [0.3, 0.4) is 0 Å². The number of carbonyl (C=O) groups is 2. The molecule has 13 nitrogen and oxygen atoms in total. The SMILES string of the molecule is C=C1CCC(=O)N1OC(=O)CCCCC[N+]1=C(/C=C/C2=C(Oc3ccc(S(=O)(=O)O)cc3)C(=C/C=C3/N(CCCCS(=O)(=O)O)c4ccccc4C3(C)C)/CCC2)C(C)(C)c2ccccc21. The number of hydrogen-bond acceptors (Lipinski definition) is 9. The van der Waals surface area contributed by atoms with E-state index in [4.69, 9.17) is 9.57 Å². The second kappa shape index (κ2) is 19.7. The Kier molecular flexibility index (Phi) is 14.4. The van der Waals surface area contributed by atoms with E-state index in [1.165, 1.54) is 29.8 Å². The van der Waals surface area contributed by atoms with Crippen LogP contribution in [0.1, 0.15) is 109 Å². The van der Waals surface area contributed by atoms with Crippen molar-refractivity contribution in [2.24, 2.45) is 0 Å². The average molecular weight is 939 g/mol. The molecule has 0 radical (unpaired) electrons. The molecule has 15 heteroatoms. The third kappa shape index (κ3) is 10.8. The van der Waals surface area contributed by atoms with Gasteiger partial charge in [0.15, 0.2) is 5.71 Å². The molecule has 3 aliphatic heterocycles. The Morgan fingerprint density at radius 3 is 2.21 bits per heavy atom. The molecular weight excluding hydrogens is 879 g/mol. The fraction of sp³-hybridized carbons (Fsp3) is 0.392. The Morgan fingerprint density at radius 2 is 1.52 bits per heavy atom. The van der Waals surface area contributed by atoms with E-state index >= 15 is 0 Å². The van der Waals surface area contributed by atoms with Gasteiger partial charge in [-0.25, -0.2) is 4.79 Å². The van der Waals surface area contributed by atoms with Crippen LogP contribution in [0.25, 0.3) is 0 Å². The minimum atomic E-state index is -4.42. The number of hydrogen-bond donors (Lipinski definition) is 2. The summed E-state index contributed by atoms with van der Waals surface area (Å²) in [7, 11) is -8.49. The first-order chi connectivity index (χ1) is 31.3. The first-order valence-electron chi connectivity index (χ1n) is 22.6. The van der Waals surface area contributed by atoms with Gasteiger partial charge in [0.2, 0.25) is 5.69 Å². The van der Waals surface area contributed by atoms with Crippen molar-refractivity contribution in [1.29, 1.82) is 0 Å². The van der Waals surface area contributed by atoms with Gasteiger partial charge in [-0.05, 0) is 124 Å².